The highest BCUT2D eigenvalue weighted by molar-refractivity contribution is 5.99. The van der Waals surface area contributed by atoms with Gasteiger partial charge in [0.05, 0.1) is 36.6 Å². The van der Waals surface area contributed by atoms with Gasteiger partial charge in [0.15, 0.2) is 0 Å². The zero-order valence-corrected chi connectivity index (χ0v) is 16.6. The summed E-state index contributed by atoms with van der Waals surface area (Å²) in [6.45, 7) is 4.74. The van der Waals surface area contributed by atoms with Crippen LogP contribution in [0.25, 0.3) is 11.3 Å². The Bertz CT molecular complexity index is 957. The van der Waals surface area contributed by atoms with E-state index in [2.05, 4.69) is 15.6 Å². The molecule has 154 valence electrons. The third kappa shape index (κ3) is 3.29. The molecule has 4 N–H and O–H groups in total. The number of hydrogen-bond donors (Lipinski definition) is 3. The van der Waals surface area contributed by atoms with Crippen LogP contribution in [0.1, 0.15) is 29.4 Å². The minimum absolute atomic E-state index is 0.0807. The second-order valence-electron chi connectivity index (χ2n) is 7.22. The fraction of sp³-hybridized carbons (Fsp3) is 0.474. The number of carbonyl (C=O) groups is 2. The number of rotatable bonds is 3. The molecule has 2 aliphatic rings. The fourth-order valence-corrected chi connectivity index (χ4v) is 3.97. The number of urea groups is 1. The molecule has 0 bridgehead atoms. The Morgan fingerprint density at radius 2 is 2.17 bits per heavy atom. The van der Waals surface area contributed by atoms with E-state index in [1.54, 1.807) is 24.2 Å². The average Bonchev–Trinajstić information content (AvgIpc) is 3.34. The predicted octanol–water partition coefficient (Wildman–Crippen LogP) is 0.548. The normalized spacial score (nSPS) is 20.6. The number of aromatic nitrogens is 3. The van der Waals surface area contributed by atoms with Crippen LogP contribution in [0.3, 0.4) is 0 Å². The average molecular weight is 399 g/mol. The zero-order valence-electron chi connectivity index (χ0n) is 16.6. The molecule has 2 aliphatic heterocycles. The molecule has 0 unspecified atom stereocenters. The maximum Gasteiger partial charge on any atom is 0.317 e. The number of nitrogens with zero attached hydrogens (tertiary/aromatic N) is 4. The molecule has 3 amide bonds. The van der Waals surface area contributed by atoms with Crippen molar-refractivity contribution in [2.75, 3.05) is 39.0 Å². The van der Waals surface area contributed by atoms with Crippen LogP contribution in [0.15, 0.2) is 18.3 Å². The van der Waals surface area contributed by atoms with E-state index in [9.17, 15) is 9.59 Å². The first-order valence-corrected chi connectivity index (χ1v) is 9.70. The highest BCUT2D eigenvalue weighted by Gasteiger charge is 2.46. The Labute approximate surface area is 168 Å². The van der Waals surface area contributed by atoms with Gasteiger partial charge in [0, 0.05) is 38.3 Å². The Morgan fingerprint density at radius 3 is 2.93 bits per heavy atom. The Morgan fingerprint density at radius 1 is 1.34 bits per heavy atom. The molecule has 0 aromatic carbocycles. The Balaban J connectivity index is 1.67. The van der Waals surface area contributed by atoms with E-state index in [1.165, 1.54) is 0 Å². The van der Waals surface area contributed by atoms with Gasteiger partial charge in [-0.3, -0.25) is 9.48 Å². The number of nitrogens with two attached hydrogens (primary N) is 1. The second kappa shape index (κ2) is 7.36. The third-order valence-electron chi connectivity index (χ3n) is 5.46. The zero-order chi connectivity index (χ0) is 20.6. The lowest BCUT2D eigenvalue weighted by Gasteiger charge is -2.34. The topological polar surface area (TPSA) is 127 Å². The van der Waals surface area contributed by atoms with Crippen molar-refractivity contribution in [1.29, 1.82) is 0 Å². The summed E-state index contributed by atoms with van der Waals surface area (Å²) >= 11 is 0. The number of nitrogens with one attached hydrogen (secondary N) is 2. The van der Waals surface area contributed by atoms with Gasteiger partial charge in [-0.15, -0.1) is 0 Å². The molecule has 1 spiro atoms. The van der Waals surface area contributed by atoms with Crippen molar-refractivity contribution in [3.63, 3.8) is 0 Å². The maximum atomic E-state index is 12.3. The summed E-state index contributed by atoms with van der Waals surface area (Å²) in [6.07, 6.45) is 2.32. The van der Waals surface area contributed by atoms with E-state index in [4.69, 9.17) is 15.6 Å². The number of carbonyl (C=O) groups excluding carboxylic acids is 2. The molecule has 10 nitrogen and oxygen atoms in total. The number of anilines is 1. The number of fused-ring (bicyclic) bond motifs is 2. The molecule has 1 fully saturated rings. The summed E-state index contributed by atoms with van der Waals surface area (Å²) in [5.74, 6) is -0.126. The molecule has 1 atom stereocenters. The molecule has 4 rings (SSSR count). The van der Waals surface area contributed by atoms with Crippen molar-refractivity contribution in [2.24, 2.45) is 0 Å². The number of amides is 3. The summed E-state index contributed by atoms with van der Waals surface area (Å²) in [5.41, 5.74) is 7.91. The smallest absolute Gasteiger partial charge is 0.317 e. The second-order valence-corrected chi connectivity index (χ2v) is 7.22. The lowest BCUT2D eigenvalue weighted by molar-refractivity contribution is -0.0701. The van der Waals surface area contributed by atoms with E-state index in [1.807, 2.05) is 17.7 Å². The molecule has 29 heavy (non-hydrogen) atoms. The van der Waals surface area contributed by atoms with Crippen LogP contribution in [0.4, 0.5) is 10.6 Å². The van der Waals surface area contributed by atoms with Gasteiger partial charge in [-0.25, -0.2) is 9.78 Å². The SMILES string of the molecule is CCNC(=O)N1CC[C@]2(C1)OCCn1nc(-c3cnc(N)c(C(=O)NC)c3)cc12. The third-order valence-corrected chi connectivity index (χ3v) is 5.46. The predicted molar refractivity (Wildman–Crippen MR) is 106 cm³/mol. The van der Waals surface area contributed by atoms with Crippen LogP contribution in [0.5, 0.6) is 0 Å². The van der Waals surface area contributed by atoms with Gasteiger partial charge >= 0.3 is 6.03 Å². The van der Waals surface area contributed by atoms with Crippen molar-refractivity contribution in [3.8, 4) is 11.3 Å². The molecule has 2 aromatic heterocycles. The van der Waals surface area contributed by atoms with Gasteiger partial charge in [0.2, 0.25) is 0 Å². The van der Waals surface area contributed by atoms with Crippen molar-refractivity contribution >= 4 is 17.8 Å². The van der Waals surface area contributed by atoms with Crippen molar-refractivity contribution in [2.45, 2.75) is 25.5 Å². The Hall–Kier alpha value is -3.14. The first-order chi connectivity index (χ1) is 14.0. The van der Waals surface area contributed by atoms with Crippen LogP contribution in [0, 0.1) is 0 Å². The molecule has 2 aromatic rings. The molecule has 0 radical (unpaired) electrons. The summed E-state index contributed by atoms with van der Waals surface area (Å²) in [5, 5.41) is 10.1. The van der Waals surface area contributed by atoms with Crippen LogP contribution in [0.2, 0.25) is 0 Å². The highest BCUT2D eigenvalue weighted by atomic mass is 16.5. The molecular formula is C19H25N7O3. The number of hydrogen-bond acceptors (Lipinski definition) is 6. The molecule has 10 heteroatoms. The minimum Gasteiger partial charge on any atom is -0.383 e. The van der Waals surface area contributed by atoms with Gasteiger partial charge < -0.3 is 26.0 Å². The summed E-state index contributed by atoms with van der Waals surface area (Å²) in [4.78, 5) is 30.2. The summed E-state index contributed by atoms with van der Waals surface area (Å²) < 4.78 is 8.10. The van der Waals surface area contributed by atoms with Gasteiger partial charge in [-0.1, -0.05) is 0 Å². The molecule has 0 aliphatic carbocycles. The first kappa shape index (κ1) is 19.2. The van der Waals surface area contributed by atoms with Crippen molar-refractivity contribution in [3.05, 3.63) is 29.6 Å². The number of nitrogen functional groups attached to an aromatic ring is 1. The van der Waals surface area contributed by atoms with Crippen LogP contribution < -0.4 is 16.4 Å². The highest BCUT2D eigenvalue weighted by Crippen LogP contribution is 2.39. The number of likely N-dealkylation sites (tertiary alicyclic amines) is 1. The molecule has 0 saturated carbocycles. The molecule has 1 saturated heterocycles. The van der Waals surface area contributed by atoms with E-state index in [-0.39, 0.29) is 17.8 Å². The van der Waals surface area contributed by atoms with E-state index in [0.717, 1.165) is 5.69 Å². The van der Waals surface area contributed by atoms with Crippen LogP contribution in [-0.4, -0.2) is 64.9 Å². The number of ether oxygens (including phenoxy) is 1. The lowest BCUT2D eigenvalue weighted by atomic mass is 9.96. The van der Waals surface area contributed by atoms with Gasteiger partial charge in [-0.05, 0) is 19.1 Å². The van der Waals surface area contributed by atoms with Crippen molar-refractivity contribution in [1.82, 2.24) is 30.3 Å². The van der Waals surface area contributed by atoms with E-state index in [0.29, 0.717) is 56.0 Å². The lowest BCUT2D eigenvalue weighted by Crippen LogP contribution is -2.44. The minimum atomic E-state index is -0.570. The van der Waals surface area contributed by atoms with Crippen LogP contribution in [-0.2, 0) is 16.9 Å². The van der Waals surface area contributed by atoms with Crippen molar-refractivity contribution < 1.29 is 14.3 Å². The van der Waals surface area contributed by atoms with Gasteiger partial charge in [0.1, 0.15) is 11.4 Å². The largest absolute Gasteiger partial charge is 0.383 e. The monoisotopic (exact) mass is 399 g/mol. The van der Waals surface area contributed by atoms with Gasteiger partial charge in [0.25, 0.3) is 5.91 Å². The summed E-state index contributed by atoms with van der Waals surface area (Å²) in [6, 6.07) is 3.57. The van der Waals surface area contributed by atoms with Gasteiger partial charge in [-0.2, -0.15) is 5.10 Å². The van der Waals surface area contributed by atoms with E-state index >= 15 is 0 Å². The maximum absolute atomic E-state index is 12.3. The quantitative estimate of drug-likeness (QED) is 0.692. The molecule has 4 heterocycles. The Kier molecular flexibility index (Phi) is 4.87. The van der Waals surface area contributed by atoms with Crippen LogP contribution >= 0.6 is 0 Å². The molecular weight excluding hydrogens is 374 g/mol. The summed E-state index contributed by atoms with van der Waals surface area (Å²) in [7, 11) is 1.55. The fourth-order valence-electron chi connectivity index (χ4n) is 3.97. The van der Waals surface area contributed by atoms with E-state index < -0.39 is 5.60 Å². The standard InChI is InChI=1S/C19H25N7O3/c1-3-22-18(28)25-5-4-19(11-25)15-9-14(24-26(15)6-7-29-19)12-8-13(17(27)21-2)16(20)23-10-12/h8-10H,3-7,11H2,1-2H3,(H2,20,23)(H,21,27)(H,22,28)/t19-/m1/s1. The first-order valence-electron chi connectivity index (χ1n) is 9.70. The number of pyridine rings is 1.